The van der Waals surface area contributed by atoms with Gasteiger partial charge in [0, 0.05) is 44.9 Å². The van der Waals surface area contributed by atoms with Crippen LogP contribution >= 0.6 is 0 Å². The average Bonchev–Trinajstić information content (AvgIpc) is 2.92. The van der Waals surface area contributed by atoms with Gasteiger partial charge in [-0.2, -0.15) is 5.10 Å². The van der Waals surface area contributed by atoms with Crippen molar-refractivity contribution in [3.05, 3.63) is 41.3 Å². The highest BCUT2D eigenvalue weighted by Crippen LogP contribution is 2.22. The highest BCUT2D eigenvalue weighted by atomic mass is 19.1. The number of nitrogens with one attached hydrogen (secondary N) is 1. The lowest BCUT2D eigenvalue weighted by atomic mass is 10.1. The van der Waals surface area contributed by atoms with Gasteiger partial charge in [0.05, 0.1) is 11.4 Å². The molecule has 25 heavy (non-hydrogen) atoms. The number of aryl methyl sites for hydroxylation is 2. The molecule has 0 atom stereocenters. The van der Waals surface area contributed by atoms with Gasteiger partial charge in [-0.15, -0.1) is 0 Å². The Morgan fingerprint density at radius 3 is 2.52 bits per heavy atom. The molecule has 2 aromatic rings. The Kier molecular flexibility index (Phi) is 5.03. The SMILES string of the molecule is CCN1CCN(c2ccc(C(=O)Nc3cc(C)nn3C)cc2F)CC1. The van der Waals surface area contributed by atoms with Crippen molar-refractivity contribution in [2.75, 3.05) is 42.9 Å². The summed E-state index contributed by atoms with van der Waals surface area (Å²) in [5.41, 5.74) is 1.67. The van der Waals surface area contributed by atoms with E-state index in [1.54, 1.807) is 29.9 Å². The van der Waals surface area contributed by atoms with Crippen LogP contribution in [0.3, 0.4) is 0 Å². The predicted molar refractivity (Wildman–Crippen MR) is 96.6 cm³/mol. The summed E-state index contributed by atoms with van der Waals surface area (Å²) in [5, 5.41) is 6.94. The smallest absolute Gasteiger partial charge is 0.256 e. The van der Waals surface area contributed by atoms with Crippen LogP contribution in [0.4, 0.5) is 15.9 Å². The number of aromatic nitrogens is 2. The molecule has 0 radical (unpaired) electrons. The number of likely N-dealkylation sites (N-methyl/N-ethyl adjacent to an activating group) is 1. The first-order valence-corrected chi connectivity index (χ1v) is 8.56. The lowest BCUT2D eigenvalue weighted by molar-refractivity contribution is 0.102. The number of benzene rings is 1. The molecule has 1 aliphatic rings. The first kappa shape index (κ1) is 17.4. The van der Waals surface area contributed by atoms with Gasteiger partial charge < -0.3 is 15.1 Å². The summed E-state index contributed by atoms with van der Waals surface area (Å²) in [7, 11) is 1.75. The second kappa shape index (κ2) is 7.23. The van der Waals surface area contributed by atoms with Crippen LogP contribution in [0.25, 0.3) is 0 Å². The topological polar surface area (TPSA) is 53.4 Å². The molecule has 3 rings (SSSR count). The van der Waals surface area contributed by atoms with Crippen LogP contribution in [0.1, 0.15) is 23.0 Å². The van der Waals surface area contributed by atoms with Crippen LogP contribution in [-0.4, -0.2) is 53.3 Å². The summed E-state index contributed by atoms with van der Waals surface area (Å²) in [5.74, 6) is -0.120. The van der Waals surface area contributed by atoms with Gasteiger partial charge in [-0.25, -0.2) is 4.39 Å². The fraction of sp³-hybridized carbons (Fsp3) is 0.444. The third kappa shape index (κ3) is 3.82. The van der Waals surface area contributed by atoms with Gasteiger partial charge in [-0.3, -0.25) is 9.48 Å². The standard InChI is InChI=1S/C18H24FN5O/c1-4-23-7-9-24(10-8-23)16-6-5-14(12-15(16)19)18(25)20-17-11-13(2)21-22(17)3/h5-6,11-12H,4,7-10H2,1-3H3,(H,20,25). The first-order valence-electron chi connectivity index (χ1n) is 8.56. The number of amides is 1. The molecule has 1 aromatic heterocycles. The third-order valence-electron chi connectivity index (χ3n) is 4.61. The van der Waals surface area contributed by atoms with Gasteiger partial charge in [-0.1, -0.05) is 6.92 Å². The number of halogens is 1. The number of anilines is 2. The van der Waals surface area contributed by atoms with Gasteiger partial charge >= 0.3 is 0 Å². The molecule has 134 valence electrons. The number of carbonyl (C=O) groups excluding carboxylic acids is 1. The van der Waals surface area contributed by atoms with E-state index in [1.807, 2.05) is 11.8 Å². The van der Waals surface area contributed by atoms with Gasteiger partial charge in [0.2, 0.25) is 0 Å². The summed E-state index contributed by atoms with van der Waals surface area (Å²) in [4.78, 5) is 16.7. The molecule has 6 nitrogen and oxygen atoms in total. The van der Waals surface area contributed by atoms with Crippen LogP contribution in [-0.2, 0) is 7.05 Å². The second-order valence-corrected chi connectivity index (χ2v) is 6.34. The van der Waals surface area contributed by atoms with E-state index in [9.17, 15) is 9.18 Å². The molecule has 0 aliphatic carbocycles. The maximum Gasteiger partial charge on any atom is 0.256 e. The number of nitrogens with zero attached hydrogens (tertiary/aromatic N) is 4. The lowest BCUT2D eigenvalue weighted by Crippen LogP contribution is -2.46. The minimum absolute atomic E-state index is 0.298. The first-order chi connectivity index (χ1) is 12.0. The summed E-state index contributed by atoms with van der Waals surface area (Å²) in [6.07, 6.45) is 0. The predicted octanol–water partition coefficient (Wildman–Crippen LogP) is 2.26. The maximum absolute atomic E-state index is 14.5. The summed E-state index contributed by atoms with van der Waals surface area (Å²) in [6, 6.07) is 6.44. The minimum atomic E-state index is -0.362. The molecule has 0 unspecified atom stereocenters. The van der Waals surface area contributed by atoms with E-state index < -0.39 is 0 Å². The van der Waals surface area contributed by atoms with Crippen molar-refractivity contribution in [3.8, 4) is 0 Å². The zero-order valence-corrected chi connectivity index (χ0v) is 14.9. The highest BCUT2D eigenvalue weighted by molar-refractivity contribution is 6.04. The monoisotopic (exact) mass is 345 g/mol. The minimum Gasteiger partial charge on any atom is -0.367 e. The fourth-order valence-corrected chi connectivity index (χ4v) is 3.13. The summed E-state index contributed by atoms with van der Waals surface area (Å²) >= 11 is 0. The van der Waals surface area contributed by atoms with Crippen molar-refractivity contribution in [1.82, 2.24) is 14.7 Å². The molecule has 1 aliphatic heterocycles. The van der Waals surface area contributed by atoms with Crippen molar-refractivity contribution >= 4 is 17.4 Å². The Bertz CT molecular complexity index is 765. The van der Waals surface area contributed by atoms with Gasteiger partial charge in [-0.05, 0) is 31.7 Å². The Balaban J connectivity index is 1.71. The van der Waals surface area contributed by atoms with E-state index in [-0.39, 0.29) is 11.7 Å². The molecule has 0 bridgehead atoms. The number of carbonyl (C=O) groups is 1. The zero-order valence-electron chi connectivity index (χ0n) is 14.9. The van der Waals surface area contributed by atoms with E-state index in [4.69, 9.17) is 0 Å². The average molecular weight is 345 g/mol. The molecule has 0 spiro atoms. The van der Waals surface area contributed by atoms with Crippen molar-refractivity contribution in [2.24, 2.45) is 7.05 Å². The second-order valence-electron chi connectivity index (χ2n) is 6.34. The van der Waals surface area contributed by atoms with E-state index in [0.29, 0.717) is 17.1 Å². The van der Waals surface area contributed by atoms with Crippen molar-refractivity contribution in [1.29, 1.82) is 0 Å². The van der Waals surface area contributed by atoms with Gasteiger partial charge in [0.1, 0.15) is 11.6 Å². The van der Waals surface area contributed by atoms with Crippen molar-refractivity contribution < 1.29 is 9.18 Å². The largest absolute Gasteiger partial charge is 0.367 e. The van der Waals surface area contributed by atoms with E-state index in [1.165, 1.54) is 6.07 Å². The molecule has 2 heterocycles. The van der Waals surface area contributed by atoms with Crippen LogP contribution in [0.15, 0.2) is 24.3 Å². The molecule has 1 fully saturated rings. The zero-order chi connectivity index (χ0) is 18.0. The molecule has 1 amide bonds. The Morgan fingerprint density at radius 2 is 1.96 bits per heavy atom. The van der Waals surface area contributed by atoms with Crippen LogP contribution in [0.5, 0.6) is 0 Å². The Morgan fingerprint density at radius 1 is 1.24 bits per heavy atom. The van der Waals surface area contributed by atoms with Crippen molar-refractivity contribution in [2.45, 2.75) is 13.8 Å². The van der Waals surface area contributed by atoms with Crippen LogP contribution < -0.4 is 10.2 Å². The molecular weight excluding hydrogens is 321 g/mol. The Labute approximate surface area is 147 Å². The number of hydrogen-bond donors (Lipinski definition) is 1. The van der Waals surface area contributed by atoms with E-state index in [2.05, 4.69) is 22.2 Å². The molecular formula is C18H24FN5O. The van der Waals surface area contributed by atoms with E-state index >= 15 is 0 Å². The molecule has 1 N–H and O–H groups in total. The highest BCUT2D eigenvalue weighted by Gasteiger charge is 2.20. The summed E-state index contributed by atoms with van der Waals surface area (Å²) in [6.45, 7) is 8.45. The van der Waals surface area contributed by atoms with Crippen molar-refractivity contribution in [3.63, 3.8) is 0 Å². The summed E-state index contributed by atoms with van der Waals surface area (Å²) < 4.78 is 16.1. The third-order valence-corrected chi connectivity index (χ3v) is 4.61. The lowest BCUT2D eigenvalue weighted by Gasteiger charge is -2.35. The fourth-order valence-electron chi connectivity index (χ4n) is 3.13. The number of hydrogen-bond acceptors (Lipinski definition) is 4. The normalized spacial score (nSPS) is 15.4. The van der Waals surface area contributed by atoms with Gasteiger partial charge in [0.25, 0.3) is 5.91 Å². The molecule has 1 saturated heterocycles. The van der Waals surface area contributed by atoms with Crippen LogP contribution in [0.2, 0.25) is 0 Å². The maximum atomic E-state index is 14.5. The molecule has 0 saturated carbocycles. The quantitative estimate of drug-likeness (QED) is 0.924. The van der Waals surface area contributed by atoms with Gasteiger partial charge in [0.15, 0.2) is 0 Å². The van der Waals surface area contributed by atoms with Crippen LogP contribution in [0, 0.1) is 12.7 Å². The molecule has 7 heteroatoms. The number of piperazine rings is 1. The molecule has 1 aromatic carbocycles. The number of rotatable bonds is 4. The van der Waals surface area contributed by atoms with E-state index in [0.717, 1.165) is 38.4 Å². The Hall–Kier alpha value is -2.41.